The van der Waals surface area contributed by atoms with Gasteiger partial charge >= 0.3 is 0 Å². The minimum Gasteiger partial charge on any atom is -0.483 e. The molecule has 1 aromatic carbocycles. The van der Waals surface area contributed by atoms with Gasteiger partial charge in [0, 0.05) is 18.7 Å². The van der Waals surface area contributed by atoms with Crippen molar-refractivity contribution < 1.29 is 19.4 Å². The van der Waals surface area contributed by atoms with Crippen molar-refractivity contribution in [1.29, 1.82) is 0 Å². The van der Waals surface area contributed by atoms with Crippen molar-refractivity contribution >= 4 is 5.91 Å². The average Bonchev–Trinajstić information content (AvgIpc) is 2.53. The van der Waals surface area contributed by atoms with E-state index in [-0.39, 0.29) is 31.3 Å². The number of hydrogen-bond donors (Lipinski definition) is 2. The fourth-order valence-corrected chi connectivity index (χ4v) is 2.31. The summed E-state index contributed by atoms with van der Waals surface area (Å²) in [5, 5.41) is 9.14. The van der Waals surface area contributed by atoms with E-state index in [1.165, 1.54) is 0 Å². The Morgan fingerprint density at radius 1 is 1.52 bits per heavy atom. The van der Waals surface area contributed by atoms with Crippen LogP contribution in [0.4, 0.5) is 0 Å². The zero-order valence-corrected chi connectivity index (χ0v) is 12.2. The van der Waals surface area contributed by atoms with Crippen LogP contribution in [0.3, 0.4) is 0 Å². The summed E-state index contributed by atoms with van der Waals surface area (Å²) >= 11 is 0. The number of nitrogens with zero attached hydrogens (tertiary/aromatic N) is 1. The summed E-state index contributed by atoms with van der Waals surface area (Å²) in [5.74, 6) is 0.518. The molecule has 21 heavy (non-hydrogen) atoms. The predicted molar refractivity (Wildman–Crippen MR) is 77.8 cm³/mol. The largest absolute Gasteiger partial charge is 0.483 e. The van der Waals surface area contributed by atoms with Gasteiger partial charge in [-0.25, -0.2) is 0 Å². The SMILES string of the molecule is CC1COC(CO)CN1C(=O)COc1ccccc1CN. The predicted octanol–water partition coefficient (Wildman–Crippen LogP) is 0.132. The molecule has 1 saturated heterocycles. The number of nitrogens with two attached hydrogens (primary N) is 1. The lowest BCUT2D eigenvalue weighted by atomic mass is 10.2. The fourth-order valence-electron chi connectivity index (χ4n) is 2.31. The van der Waals surface area contributed by atoms with Gasteiger partial charge in [0.1, 0.15) is 5.75 Å². The highest BCUT2D eigenvalue weighted by atomic mass is 16.5. The van der Waals surface area contributed by atoms with E-state index < -0.39 is 0 Å². The third-order valence-corrected chi connectivity index (χ3v) is 3.57. The third-order valence-electron chi connectivity index (χ3n) is 3.57. The molecule has 2 unspecified atom stereocenters. The zero-order chi connectivity index (χ0) is 15.2. The van der Waals surface area contributed by atoms with E-state index in [1.807, 2.05) is 25.1 Å². The number of para-hydroxylation sites is 1. The van der Waals surface area contributed by atoms with E-state index in [2.05, 4.69) is 0 Å². The summed E-state index contributed by atoms with van der Waals surface area (Å²) in [5.41, 5.74) is 6.51. The van der Waals surface area contributed by atoms with Gasteiger partial charge in [0.2, 0.25) is 0 Å². The van der Waals surface area contributed by atoms with Crippen LogP contribution in [0.15, 0.2) is 24.3 Å². The van der Waals surface area contributed by atoms with Crippen molar-refractivity contribution in [2.75, 3.05) is 26.4 Å². The highest BCUT2D eigenvalue weighted by molar-refractivity contribution is 5.78. The number of aliphatic hydroxyl groups excluding tert-OH is 1. The molecule has 1 fully saturated rings. The van der Waals surface area contributed by atoms with Crippen molar-refractivity contribution in [3.8, 4) is 5.75 Å². The highest BCUT2D eigenvalue weighted by Gasteiger charge is 2.29. The van der Waals surface area contributed by atoms with Crippen LogP contribution in [-0.2, 0) is 16.1 Å². The van der Waals surface area contributed by atoms with Crippen molar-refractivity contribution in [3.05, 3.63) is 29.8 Å². The molecule has 3 N–H and O–H groups in total. The van der Waals surface area contributed by atoms with E-state index >= 15 is 0 Å². The molecule has 0 radical (unpaired) electrons. The van der Waals surface area contributed by atoms with Crippen LogP contribution < -0.4 is 10.5 Å². The van der Waals surface area contributed by atoms with Crippen LogP contribution in [0, 0.1) is 0 Å². The molecule has 0 aliphatic carbocycles. The van der Waals surface area contributed by atoms with Crippen molar-refractivity contribution in [2.24, 2.45) is 5.73 Å². The lowest BCUT2D eigenvalue weighted by Crippen LogP contribution is -2.53. The molecule has 1 amide bonds. The van der Waals surface area contributed by atoms with Crippen LogP contribution in [0.25, 0.3) is 0 Å². The quantitative estimate of drug-likeness (QED) is 0.806. The minimum atomic E-state index is -0.318. The second-order valence-electron chi connectivity index (χ2n) is 5.13. The van der Waals surface area contributed by atoms with Crippen LogP contribution in [-0.4, -0.2) is 54.4 Å². The number of carbonyl (C=O) groups excluding carboxylic acids is 1. The molecule has 0 spiro atoms. The minimum absolute atomic E-state index is 0.0198. The van der Waals surface area contributed by atoms with Gasteiger partial charge in [0.25, 0.3) is 5.91 Å². The summed E-state index contributed by atoms with van der Waals surface area (Å²) in [6, 6.07) is 7.38. The van der Waals surface area contributed by atoms with Crippen molar-refractivity contribution in [3.63, 3.8) is 0 Å². The third kappa shape index (κ3) is 3.93. The summed E-state index contributed by atoms with van der Waals surface area (Å²) < 4.78 is 11.0. The van der Waals surface area contributed by atoms with Crippen LogP contribution >= 0.6 is 0 Å². The van der Waals surface area contributed by atoms with Gasteiger partial charge in [-0.3, -0.25) is 4.79 Å². The zero-order valence-electron chi connectivity index (χ0n) is 12.2. The second kappa shape index (κ2) is 7.40. The Bertz CT molecular complexity index is 480. The van der Waals surface area contributed by atoms with Gasteiger partial charge in [-0.2, -0.15) is 0 Å². The molecule has 116 valence electrons. The average molecular weight is 294 g/mol. The molecule has 1 aromatic rings. The van der Waals surface area contributed by atoms with Gasteiger partial charge in [-0.1, -0.05) is 18.2 Å². The van der Waals surface area contributed by atoms with E-state index in [0.717, 1.165) is 5.56 Å². The molecular formula is C15H22N2O4. The normalized spacial score (nSPS) is 22.1. The van der Waals surface area contributed by atoms with E-state index in [9.17, 15) is 4.79 Å². The van der Waals surface area contributed by atoms with Crippen LogP contribution in [0.1, 0.15) is 12.5 Å². The Kier molecular flexibility index (Phi) is 5.55. The lowest BCUT2D eigenvalue weighted by molar-refractivity contribution is -0.148. The number of rotatable bonds is 5. The molecule has 2 atom stereocenters. The van der Waals surface area contributed by atoms with E-state index in [4.69, 9.17) is 20.3 Å². The molecule has 2 rings (SSSR count). The summed E-state index contributed by atoms with van der Waals surface area (Å²) in [6.07, 6.45) is -0.318. The Morgan fingerprint density at radius 2 is 2.29 bits per heavy atom. The first-order chi connectivity index (χ1) is 10.2. The fraction of sp³-hybridized carbons (Fsp3) is 0.533. The first-order valence-electron chi connectivity index (χ1n) is 7.08. The number of benzene rings is 1. The molecule has 6 heteroatoms. The molecular weight excluding hydrogens is 272 g/mol. The summed E-state index contributed by atoms with van der Waals surface area (Å²) in [4.78, 5) is 14.0. The van der Waals surface area contributed by atoms with Gasteiger partial charge in [0.15, 0.2) is 6.61 Å². The Hall–Kier alpha value is -1.63. The summed E-state index contributed by atoms with van der Waals surface area (Å²) in [7, 11) is 0. The van der Waals surface area contributed by atoms with Crippen molar-refractivity contribution in [1.82, 2.24) is 4.90 Å². The number of aliphatic hydroxyl groups is 1. The summed E-state index contributed by atoms with van der Waals surface area (Å²) in [6.45, 7) is 2.96. The Labute approximate surface area is 124 Å². The lowest BCUT2D eigenvalue weighted by Gasteiger charge is -2.37. The Balaban J connectivity index is 1.94. The van der Waals surface area contributed by atoms with E-state index in [0.29, 0.717) is 25.4 Å². The molecule has 0 aromatic heterocycles. The number of morpholine rings is 1. The molecule has 0 bridgehead atoms. The molecule has 1 heterocycles. The second-order valence-corrected chi connectivity index (χ2v) is 5.13. The molecule has 1 aliphatic heterocycles. The first kappa shape index (κ1) is 15.8. The van der Waals surface area contributed by atoms with Gasteiger partial charge in [-0.15, -0.1) is 0 Å². The monoisotopic (exact) mass is 294 g/mol. The van der Waals surface area contributed by atoms with Gasteiger partial charge in [-0.05, 0) is 13.0 Å². The van der Waals surface area contributed by atoms with Gasteiger partial charge in [0.05, 0.1) is 25.4 Å². The Morgan fingerprint density at radius 3 is 3.00 bits per heavy atom. The smallest absolute Gasteiger partial charge is 0.260 e. The maximum Gasteiger partial charge on any atom is 0.260 e. The van der Waals surface area contributed by atoms with Crippen LogP contribution in [0.2, 0.25) is 0 Å². The van der Waals surface area contributed by atoms with Gasteiger partial charge < -0.3 is 25.2 Å². The molecule has 0 saturated carbocycles. The number of hydrogen-bond acceptors (Lipinski definition) is 5. The van der Waals surface area contributed by atoms with Crippen LogP contribution in [0.5, 0.6) is 5.75 Å². The topological polar surface area (TPSA) is 85.0 Å². The molecule has 1 aliphatic rings. The van der Waals surface area contributed by atoms with E-state index in [1.54, 1.807) is 11.0 Å². The number of amides is 1. The standard InChI is InChI=1S/C15H22N2O4/c1-11-9-20-13(8-18)7-17(11)15(19)10-21-14-5-3-2-4-12(14)6-16/h2-5,11,13,18H,6-10,16H2,1H3. The first-order valence-corrected chi connectivity index (χ1v) is 7.08. The maximum atomic E-state index is 12.3. The molecule has 6 nitrogen and oxygen atoms in total. The number of carbonyl (C=O) groups is 1. The number of ether oxygens (including phenoxy) is 2. The highest BCUT2D eigenvalue weighted by Crippen LogP contribution is 2.18. The maximum absolute atomic E-state index is 12.3. The van der Waals surface area contributed by atoms with Crippen molar-refractivity contribution in [2.45, 2.75) is 25.6 Å².